The van der Waals surface area contributed by atoms with Crippen LogP contribution in [0.5, 0.6) is 0 Å². The summed E-state index contributed by atoms with van der Waals surface area (Å²) in [5.74, 6) is 0.830. The van der Waals surface area contributed by atoms with Crippen molar-refractivity contribution < 1.29 is 4.79 Å². The molecule has 0 spiro atoms. The molecule has 1 aromatic heterocycles. The summed E-state index contributed by atoms with van der Waals surface area (Å²) in [7, 11) is 0. The molecule has 140 valence electrons. The van der Waals surface area contributed by atoms with E-state index in [0.29, 0.717) is 23.4 Å². The molecule has 1 aliphatic carbocycles. The fraction of sp³-hybridized carbons (Fsp3) is 0.208. The summed E-state index contributed by atoms with van der Waals surface area (Å²) >= 11 is 1.84. The summed E-state index contributed by atoms with van der Waals surface area (Å²) < 4.78 is 0. The van der Waals surface area contributed by atoms with Crippen molar-refractivity contribution in [3.05, 3.63) is 93.7 Å². The first-order valence-electron chi connectivity index (χ1n) is 9.68. The van der Waals surface area contributed by atoms with Crippen molar-refractivity contribution in [2.24, 2.45) is 5.92 Å². The number of nitrogens with one attached hydrogen (secondary N) is 2. The Kier molecular flexibility index (Phi) is 4.29. The van der Waals surface area contributed by atoms with Crippen molar-refractivity contribution in [3.63, 3.8) is 0 Å². The minimum Gasteiger partial charge on any atom is -0.377 e. The summed E-state index contributed by atoms with van der Waals surface area (Å²) in [5.41, 5.74) is 5.33. The number of amides is 1. The van der Waals surface area contributed by atoms with Crippen LogP contribution in [0.15, 0.2) is 72.1 Å². The van der Waals surface area contributed by atoms with E-state index in [4.69, 9.17) is 0 Å². The van der Waals surface area contributed by atoms with E-state index in [-0.39, 0.29) is 5.91 Å². The molecule has 28 heavy (non-hydrogen) atoms. The van der Waals surface area contributed by atoms with Gasteiger partial charge in [0.1, 0.15) is 0 Å². The molecule has 3 aromatic rings. The smallest absolute Gasteiger partial charge is 0.255 e. The maximum atomic E-state index is 12.5. The SMILES string of the molecule is Cc1ccsc1C1Nc2ccc(NC(=O)c3ccccc3)cc2C2C=CCC21. The quantitative estimate of drug-likeness (QED) is 0.531. The van der Waals surface area contributed by atoms with Crippen LogP contribution in [0.4, 0.5) is 11.4 Å². The van der Waals surface area contributed by atoms with Crippen molar-refractivity contribution in [1.29, 1.82) is 0 Å². The van der Waals surface area contributed by atoms with Gasteiger partial charge in [-0.1, -0.05) is 30.4 Å². The largest absolute Gasteiger partial charge is 0.377 e. The average Bonchev–Trinajstić information content (AvgIpc) is 3.37. The normalized spacial score (nSPS) is 22.2. The number of rotatable bonds is 3. The standard InChI is InChI=1S/C24H22N2OS/c1-15-12-13-28-23(15)22-19-9-5-8-18(19)20-14-17(10-11-21(20)26-22)25-24(27)16-6-3-2-4-7-16/h2-8,10-14,18-19,22,26H,9H2,1H3,(H,25,27). The molecule has 0 saturated carbocycles. The number of carbonyl (C=O) groups is 1. The number of hydrogen-bond acceptors (Lipinski definition) is 3. The third kappa shape index (κ3) is 2.94. The fourth-order valence-corrected chi connectivity index (χ4v) is 5.48. The molecule has 0 fully saturated rings. The summed E-state index contributed by atoms with van der Waals surface area (Å²) in [5, 5.41) is 9.01. The van der Waals surface area contributed by atoms with Crippen LogP contribution in [0.25, 0.3) is 0 Å². The van der Waals surface area contributed by atoms with E-state index in [0.717, 1.165) is 12.1 Å². The highest BCUT2D eigenvalue weighted by molar-refractivity contribution is 7.10. The molecular weight excluding hydrogens is 364 g/mol. The van der Waals surface area contributed by atoms with Crippen molar-refractivity contribution in [3.8, 4) is 0 Å². The molecule has 1 aliphatic heterocycles. The number of hydrogen-bond donors (Lipinski definition) is 2. The molecule has 5 rings (SSSR count). The van der Waals surface area contributed by atoms with Crippen LogP contribution in [0.3, 0.4) is 0 Å². The molecule has 0 radical (unpaired) electrons. The van der Waals surface area contributed by atoms with Gasteiger partial charge in [-0.05, 0) is 72.2 Å². The van der Waals surface area contributed by atoms with Crippen molar-refractivity contribution in [2.75, 3.05) is 10.6 Å². The molecule has 3 atom stereocenters. The van der Waals surface area contributed by atoms with E-state index in [1.165, 1.54) is 21.7 Å². The second-order valence-corrected chi connectivity index (χ2v) is 8.51. The van der Waals surface area contributed by atoms with Gasteiger partial charge in [0.15, 0.2) is 0 Å². The number of aryl methyl sites for hydroxylation is 1. The number of carbonyl (C=O) groups excluding carboxylic acids is 1. The van der Waals surface area contributed by atoms with Crippen LogP contribution in [0.1, 0.15) is 44.7 Å². The number of benzene rings is 2. The lowest BCUT2D eigenvalue weighted by Gasteiger charge is -2.37. The highest BCUT2D eigenvalue weighted by Crippen LogP contribution is 2.51. The van der Waals surface area contributed by atoms with Crippen LogP contribution in [-0.4, -0.2) is 5.91 Å². The van der Waals surface area contributed by atoms with Gasteiger partial charge >= 0.3 is 0 Å². The van der Waals surface area contributed by atoms with Gasteiger partial charge in [0.05, 0.1) is 6.04 Å². The Morgan fingerprint density at radius 1 is 1.14 bits per heavy atom. The van der Waals surface area contributed by atoms with E-state index < -0.39 is 0 Å². The molecule has 1 amide bonds. The van der Waals surface area contributed by atoms with Crippen molar-refractivity contribution >= 4 is 28.6 Å². The highest BCUT2D eigenvalue weighted by atomic mass is 32.1. The lowest BCUT2D eigenvalue weighted by molar-refractivity contribution is 0.102. The first kappa shape index (κ1) is 17.3. The minimum atomic E-state index is -0.0741. The van der Waals surface area contributed by atoms with Crippen LogP contribution in [0, 0.1) is 12.8 Å². The Hall–Kier alpha value is -2.85. The summed E-state index contributed by atoms with van der Waals surface area (Å²) in [6, 6.07) is 18.1. The van der Waals surface area contributed by atoms with Crippen molar-refractivity contribution in [2.45, 2.75) is 25.3 Å². The number of anilines is 2. The Labute approximate surface area is 169 Å². The molecule has 2 heterocycles. The maximum Gasteiger partial charge on any atom is 0.255 e. The van der Waals surface area contributed by atoms with Crippen LogP contribution in [-0.2, 0) is 0 Å². The van der Waals surface area contributed by atoms with Crippen LogP contribution >= 0.6 is 11.3 Å². The molecular formula is C24H22N2OS. The zero-order valence-corrected chi connectivity index (χ0v) is 16.5. The monoisotopic (exact) mass is 386 g/mol. The molecule has 0 saturated heterocycles. The zero-order valence-electron chi connectivity index (χ0n) is 15.7. The maximum absolute atomic E-state index is 12.5. The summed E-state index contributed by atoms with van der Waals surface area (Å²) in [4.78, 5) is 14.0. The predicted molar refractivity (Wildman–Crippen MR) is 116 cm³/mol. The number of fused-ring (bicyclic) bond motifs is 3. The van der Waals surface area contributed by atoms with Gasteiger partial charge in [-0.3, -0.25) is 4.79 Å². The van der Waals surface area contributed by atoms with E-state index in [9.17, 15) is 4.79 Å². The summed E-state index contributed by atoms with van der Waals surface area (Å²) in [6.07, 6.45) is 5.72. The molecule has 3 unspecified atom stereocenters. The average molecular weight is 387 g/mol. The van der Waals surface area contributed by atoms with Crippen LogP contribution < -0.4 is 10.6 Å². The van der Waals surface area contributed by atoms with E-state index in [1.54, 1.807) is 0 Å². The third-order valence-corrected chi connectivity index (χ3v) is 6.94. The van der Waals surface area contributed by atoms with Gasteiger partial charge in [0, 0.05) is 27.7 Å². The van der Waals surface area contributed by atoms with Gasteiger partial charge in [-0.25, -0.2) is 0 Å². The summed E-state index contributed by atoms with van der Waals surface area (Å²) in [6.45, 7) is 2.20. The van der Waals surface area contributed by atoms with E-state index in [1.807, 2.05) is 47.7 Å². The van der Waals surface area contributed by atoms with Crippen molar-refractivity contribution in [1.82, 2.24) is 0 Å². The van der Waals surface area contributed by atoms with Gasteiger partial charge in [0.2, 0.25) is 0 Å². The predicted octanol–water partition coefficient (Wildman–Crippen LogP) is 6.14. The van der Waals surface area contributed by atoms with Gasteiger partial charge in [-0.15, -0.1) is 11.3 Å². The molecule has 3 nitrogen and oxygen atoms in total. The lowest BCUT2D eigenvalue weighted by atomic mass is 9.78. The molecule has 0 bridgehead atoms. The van der Waals surface area contributed by atoms with E-state index >= 15 is 0 Å². The molecule has 2 N–H and O–H groups in total. The Balaban J connectivity index is 1.45. The van der Waals surface area contributed by atoms with E-state index in [2.05, 4.69) is 53.3 Å². The molecule has 2 aliphatic rings. The minimum absolute atomic E-state index is 0.0741. The highest BCUT2D eigenvalue weighted by Gasteiger charge is 2.38. The van der Waals surface area contributed by atoms with Gasteiger partial charge < -0.3 is 10.6 Å². The van der Waals surface area contributed by atoms with Crippen LogP contribution in [0.2, 0.25) is 0 Å². The molecule has 2 aromatic carbocycles. The topological polar surface area (TPSA) is 41.1 Å². The Bertz CT molecular complexity index is 1050. The first-order valence-corrected chi connectivity index (χ1v) is 10.6. The Morgan fingerprint density at radius 3 is 2.79 bits per heavy atom. The lowest BCUT2D eigenvalue weighted by Crippen LogP contribution is -2.29. The third-order valence-electron chi connectivity index (χ3n) is 5.84. The Morgan fingerprint density at radius 2 is 2.00 bits per heavy atom. The second-order valence-electron chi connectivity index (χ2n) is 7.57. The number of allylic oxidation sites excluding steroid dienone is 2. The zero-order chi connectivity index (χ0) is 19.1. The second kappa shape index (κ2) is 6.95. The van der Waals surface area contributed by atoms with Gasteiger partial charge in [0.25, 0.3) is 5.91 Å². The first-order chi connectivity index (χ1) is 13.7. The number of thiophene rings is 1. The fourth-order valence-electron chi connectivity index (χ4n) is 4.43. The molecule has 4 heteroatoms. The van der Waals surface area contributed by atoms with Gasteiger partial charge in [-0.2, -0.15) is 0 Å².